The number of carboxylic acids is 1. The van der Waals surface area contributed by atoms with E-state index in [0.717, 1.165) is 22.5 Å². The zero-order chi connectivity index (χ0) is 22.6. The number of benzene rings is 3. The van der Waals surface area contributed by atoms with E-state index in [1.165, 1.54) is 0 Å². The predicted molar refractivity (Wildman–Crippen MR) is 118 cm³/mol. The summed E-state index contributed by atoms with van der Waals surface area (Å²) in [7, 11) is 0. The summed E-state index contributed by atoms with van der Waals surface area (Å²) in [4.78, 5) is 15.7. The fourth-order valence-electron chi connectivity index (χ4n) is 3.99. The molecule has 0 fully saturated rings. The van der Waals surface area contributed by atoms with Crippen molar-refractivity contribution >= 4 is 38.4 Å². The Hall–Kier alpha value is -3.65. The van der Waals surface area contributed by atoms with Crippen LogP contribution >= 0.6 is 11.3 Å². The SMILES string of the molecule is Cc1c(-c2nc3c(F)c(F)cc(F)c3s2)c2cc(-c3ccccc3)ccc2n1CC(=O)O. The number of aromatic nitrogens is 2. The van der Waals surface area contributed by atoms with Gasteiger partial charge in [0.05, 0.1) is 4.70 Å². The molecule has 5 rings (SSSR count). The summed E-state index contributed by atoms with van der Waals surface area (Å²) < 4.78 is 43.9. The van der Waals surface area contributed by atoms with E-state index in [1.807, 2.05) is 48.5 Å². The average Bonchev–Trinajstić information content (AvgIpc) is 3.32. The normalized spacial score (nSPS) is 11.5. The molecule has 5 aromatic rings. The van der Waals surface area contributed by atoms with Crippen LogP contribution in [-0.2, 0) is 11.3 Å². The van der Waals surface area contributed by atoms with Gasteiger partial charge in [-0.2, -0.15) is 0 Å². The number of halogens is 3. The molecule has 2 heterocycles. The predicted octanol–water partition coefficient (Wildman–Crippen LogP) is 6.40. The molecule has 32 heavy (non-hydrogen) atoms. The minimum absolute atomic E-state index is 0.0864. The molecule has 0 saturated carbocycles. The summed E-state index contributed by atoms with van der Waals surface area (Å²) in [5.74, 6) is -4.42. The van der Waals surface area contributed by atoms with Crippen molar-refractivity contribution in [2.24, 2.45) is 0 Å². The van der Waals surface area contributed by atoms with Crippen molar-refractivity contribution in [2.75, 3.05) is 0 Å². The zero-order valence-corrected chi connectivity index (χ0v) is 17.5. The average molecular weight is 452 g/mol. The number of rotatable bonds is 4. The Morgan fingerprint density at radius 1 is 1.03 bits per heavy atom. The molecule has 3 aromatic carbocycles. The van der Waals surface area contributed by atoms with E-state index >= 15 is 0 Å². The van der Waals surface area contributed by atoms with Gasteiger partial charge < -0.3 is 9.67 Å². The van der Waals surface area contributed by atoms with Crippen LogP contribution < -0.4 is 0 Å². The maximum atomic E-state index is 14.3. The summed E-state index contributed by atoms with van der Waals surface area (Å²) in [5.41, 5.74) is 3.31. The number of thiazole rings is 1. The fraction of sp³-hybridized carbons (Fsp3) is 0.0833. The van der Waals surface area contributed by atoms with Gasteiger partial charge in [0, 0.05) is 28.2 Å². The number of hydrogen-bond donors (Lipinski definition) is 1. The lowest BCUT2D eigenvalue weighted by Crippen LogP contribution is -2.09. The van der Waals surface area contributed by atoms with E-state index in [1.54, 1.807) is 11.5 Å². The van der Waals surface area contributed by atoms with Crippen molar-refractivity contribution in [1.82, 2.24) is 9.55 Å². The molecule has 8 heteroatoms. The van der Waals surface area contributed by atoms with Crippen LogP contribution in [0.3, 0.4) is 0 Å². The molecule has 0 aliphatic rings. The highest BCUT2D eigenvalue weighted by Crippen LogP contribution is 2.41. The highest BCUT2D eigenvalue weighted by molar-refractivity contribution is 7.21. The first-order valence-corrected chi connectivity index (χ1v) is 10.5. The minimum atomic E-state index is -1.30. The molecular weight excluding hydrogens is 437 g/mol. The van der Waals surface area contributed by atoms with Gasteiger partial charge in [-0.1, -0.05) is 36.4 Å². The van der Waals surface area contributed by atoms with Crippen LogP contribution in [-0.4, -0.2) is 20.6 Å². The van der Waals surface area contributed by atoms with E-state index in [9.17, 15) is 23.1 Å². The zero-order valence-electron chi connectivity index (χ0n) is 16.7. The third-order valence-corrected chi connectivity index (χ3v) is 6.53. The van der Waals surface area contributed by atoms with Gasteiger partial charge in [0.25, 0.3) is 0 Å². The van der Waals surface area contributed by atoms with Crippen LogP contribution in [0.2, 0.25) is 0 Å². The van der Waals surface area contributed by atoms with Crippen molar-refractivity contribution in [3.8, 4) is 21.7 Å². The Morgan fingerprint density at radius 2 is 1.78 bits per heavy atom. The summed E-state index contributed by atoms with van der Waals surface area (Å²) in [6.07, 6.45) is 0. The smallest absolute Gasteiger partial charge is 0.323 e. The number of aliphatic carboxylic acids is 1. The lowest BCUT2D eigenvalue weighted by Gasteiger charge is -2.05. The van der Waals surface area contributed by atoms with Gasteiger partial charge in [0.1, 0.15) is 22.9 Å². The summed E-state index contributed by atoms with van der Waals surface area (Å²) in [6, 6.07) is 15.8. The number of fused-ring (bicyclic) bond motifs is 2. The lowest BCUT2D eigenvalue weighted by molar-refractivity contribution is -0.137. The van der Waals surface area contributed by atoms with Gasteiger partial charge >= 0.3 is 5.97 Å². The lowest BCUT2D eigenvalue weighted by atomic mass is 10.0. The van der Waals surface area contributed by atoms with Crippen LogP contribution in [0.5, 0.6) is 0 Å². The number of nitrogens with zero attached hydrogens (tertiary/aromatic N) is 2. The Bertz CT molecular complexity index is 1520. The van der Waals surface area contributed by atoms with Crippen molar-refractivity contribution in [1.29, 1.82) is 0 Å². The van der Waals surface area contributed by atoms with E-state index < -0.39 is 23.4 Å². The molecule has 4 nitrogen and oxygen atoms in total. The van der Waals surface area contributed by atoms with Crippen LogP contribution in [0.1, 0.15) is 5.69 Å². The van der Waals surface area contributed by atoms with Crippen molar-refractivity contribution in [3.05, 3.63) is 77.7 Å². The second-order valence-corrected chi connectivity index (χ2v) is 8.39. The molecule has 0 bridgehead atoms. The molecule has 160 valence electrons. The fourth-order valence-corrected chi connectivity index (χ4v) is 5.07. The van der Waals surface area contributed by atoms with Crippen molar-refractivity contribution in [3.63, 3.8) is 0 Å². The van der Waals surface area contributed by atoms with E-state index in [4.69, 9.17) is 0 Å². The second kappa shape index (κ2) is 7.49. The third-order valence-electron chi connectivity index (χ3n) is 5.45. The van der Waals surface area contributed by atoms with Gasteiger partial charge in [-0.05, 0) is 30.2 Å². The summed E-state index contributed by atoms with van der Waals surface area (Å²) >= 11 is 0.909. The number of carboxylic acid groups (broad SMARTS) is 1. The highest BCUT2D eigenvalue weighted by Gasteiger charge is 2.23. The van der Waals surface area contributed by atoms with Crippen molar-refractivity contribution in [2.45, 2.75) is 13.5 Å². The van der Waals surface area contributed by atoms with Gasteiger partial charge in [0.2, 0.25) is 0 Å². The summed E-state index contributed by atoms with van der Waals surface area (Å²) in [5, 5.41) is 10.4. The Morgan fingerprint density at radius 3 is 2.50 bits per heavy atom. The highest BCUT2D eigenvalue weighted by atomic mass is 32.1. The van der Waals surface area contributed by atoms with Gasteiger partial charge in [-0.15, -0.1) is 11.3 Å². The first kappa shape index (κ1) is 20.3. The molecule has 0 aliphatic carbocycles. The molecular formula is C24H15F3N2O2S. The van der Waals surface area contributed by atoms with E-state index in [0.29, 0.717) is 33.2 Å². The van der Waals surface area contributed by atoms with Gasteiger partial charge in [0.15, 0.2) is 11.6 Å². The monoisotopic (exact) mass is 452 g/mol. The van der Waals surface area contributed by atoms with Crippen LogP contribution in [0.15, 0.2) is 54.6 Å². The van der Waals surface area contributed by atoms with Crippen LogP contribution in [0.25, 0.3) is 42.8 Å². The minimum Gasteiger partial charge on any atom is -0.480 e. The molecule has 1 N–H and O–H groups in total. The van der Waals surface area contributed by atoms with E-state index in [-0.39, 0.29) is 16.8 Å². The van der Waals surface area contributed by atoms with E-state index in [2.05, 4.69) is 4.98 Å². The largest absolute Gasteiger partial charge is 0.480 e. The quantitative estimate of drug-likeness (QED) is 0.321. The maximum absolute atomic E-state index is 14.3. The molecule has 0 atom stereocenters. The maximum Gasteiger partial charge on any atom is 0.323 e. The van der Waals surface area contributed by atoms with Gasteiger partial charge in [-0.25, -0.2) is 18.2 Å². The standard InChI is InChI=1S/C24H15F3N2O2S/c1-12-20(24-28-22-21(27)16(25)10-17(26)23(22)32-24)15-9-14(13-5-3-2-4-6-13)7-8-18(15)29(12)11-19(30)31/h2-10H,11H2,1H3,(H,30,31). The number of hydrogen-bond acceptors (Lipinski definition) is 3. The Kier molecular flexibility index (Phi) is 4.74. The number of carbonyl (C=O) groups is 1. The van der Waals surface area contributed by atoms with Crippen LogP contribution in [0.4, 0.5) is 13.2 Å². The Labute approximate surface area is 184 Å². The van der Waals surface area contributed by atoms with Crippen LogP contribution in [0, 0.1) is 24.4 Å². The molecule has 0 radical (unpaired) electrons. The molecule has 2 aromatic heterocycles. The third kappa shape index (κ3) is 3.15. The Balaban J connectivity index is 1.82. The van der Waals surface area contributed by atoms with Crippen molar-refractivity contribution < 1.29 is 23.1 Å². The first-order valence-electron chi connectivity index (χ1n) is 9.69. The van der Waals surface area contributed by atoms with Gasteiger partial charge in [-0.3, -0.25) is 4.79 Å². The first-order chi connectivity index (χ1) is 15.3. The molecule has 0 aliphatic heterocycles. The topological polar surface area (TPSA) is 55.1 Å². The molecule has 0 saturated heterocycles. The second-order valence-electron chi connectivity index (χ2n) is 7.39. The molecule has 0 unspecified atom stereocenters. The molecule has 0 amide bonds. The summed E-state index contributed by atoms with van der Waals surface area (Å²) in [6.45, 7) is 1.45. The molecule has 0 spiro atoms.